The molecule has 2 amide bonds. The molecule has 0 aliphatic heterocycles. The Morgan fingerprint density at radius 3 is 1.88 bits per heavy atom. The number of ketones is 1. The predicted molar refractivity (Wildman–Crippen MR) is 128 cm³/mol. The molecule has 1 aliphatic rings. The maximum atomic E-state index is 12.9. The molecule has 1 saturated carbocycles. The van der Waals surface area contributed by atoms with Gasteiger partial charge in [-0.15, -0.1) is 0 Å². The number of methoxy groups -OCH3 is 1. The Labute approximate surface area is 193 Å². The van der Waals surface area contributed by atoms with E-state index in [1.165, 1.54) is 7.11 Å². The molecule has 0 heterocycles. The molecule has 2 unspecified atom stereocenters. The fourth-order valence-electron chi connectivity index (χ4n) is 4.31. The molecular weight excluding hydrogens is 416 g/mol. The van der Waals surface area contributed by atoms with E-state index in [-0.39, 0.29) is 29.6 Å². The molecule has 0 radical (unpaired) electrons. The molecular formula is C27H26N2O4. The number of amides is 2. The second kappa shape index (κ2) is 10.1. The van der Waals surface area contributed by atoms with Crippen LogP contribution in [0, 0.1) is 11.8 Å². The molecule has 4 rings (SSSR count). The number of anilines is 2. The van der Waals surface area contributed by atoms with Crippen LogP contribution >= 0.6 is 0 Å². The summed E-state index contributed by atoms with van der Waals surface area (Å²) in [4.78, 5) is 37.1. The Morgan fingerprint density at radius 1 is 0.727 bits per heavy atom. The molecule has 0 aromatic heterocycles. The van der Waals surface area contributed by atoms with Crippen LogP contribution in [0.1, 0.15) is 29.6 Å². The van der Waals surface area contributed by atoms with Crippen molar-refractivity contribution in [3.8, 4) is 11.1 Å². The zero-order valence-electron chi connectivity index (χ0n) is 18.4. The summed E-state index contributed by atoms with van der Waals surface area (Å²) in [5, 5.41) is 5.59. The normalized spacial score (nSPS) is 17.2. The van der Waals surface area contributed by atoms with Gasteiger partial charge in [0.1, 0.15) is 0 Å². The summed E-state index contributed by atoms with van der Waals surface area (Å²) < 4.78 is 4.87. The second-order valence-corrected chi connectivity index (χ2v) is 8.13. The Hall–Kier alpha value is -3.93. The number of hydrogen-bond acceptors (Lipinski definition) is 4. The van der Waals surface area contributed by atoms with Gasteiger partial charge in [0.05, 0.1) is 13.0 Å². The lowest BCUT2D eigenvalue weighted by Gasteiger charge is -2.16. The van der Waals surface area contributed by atoms with Crippen molar-refractivity contribution in [2.75, 3.05) is 17.7 Å². The summed E-state index contributed by atoms with van der Waals surface area (Å²) in [7, 11) is 1.37. The number of urea groups is 1. The van der Waals surface area contributed by atoms with Gasteiger partial charge in [-0.2, -0.15) is 0 Å². The summed E-state index contributed by atoms with van der Waals surface area (Å²) >= 11 is 0. The van der Waals surface area contributed by atoms with E-state index in [9.17, 15) is 14.4 Å². The Kier molecular flexibility index (Phi) is 6.83. The van der Waals surface area contributed by atoms with Gasteiger partial charge >= 0.3 is 12.0 Å². The van der Waals surface area contributed by atoms with E-state index < -0.39 is 0 Å². The summed E-state index contributed by atoms with van der Waals surface area (Å²) in [5.41, 5.74) is 3.93. The summed E-state index contributed by atoms with van der Waals surface area (Å²) in [6.07, 6.45) is 2.27. The fourth-order valence-corrected chi connectivity index (χ4v) is 4.31. The number of hydrogen-bond donors (Lipinski definition) is 2. The molecule has 6 heteroatoms. The van der Waals surface area contributed by atoms with Gasteiger partial charge in [-0.25, -0.2) is 4.79 Å². The number of carbonyl (C=O) groups is 3. The van der Waals surface area contributed by atoms with Crippen LogP contribution in [-0.2, 0) is 9.53 Å². The van der Waals surface area contributed by atoms with Crippen molar-refractivity contribution in [1.29, 1.82) is 0 Å². The summed E-state index contributed by atoms with van der Waals surface area (Å²) in [5.74, 6) is -0.955. The van der Waals surface area contributed by atoms with Gasteiger partial charge in [0, 0.05) is 22.9 Å². The van der Waals surface area contributed by atoms with E-state index in [1.54, 1.807) is 0 Å². The molecule has 1 aliphatic carbocycles. The highest BCUT2D eigenvalue weighted by molar-refractivity contribution is 6.01. The van der Waals surface area contributed by atoms with Crippen LogP contribution in [0.5, 0.6) is 0 Å². The van der Waals surface area contributed by atoms with E-state index >= 15 is 0 Å². The van der Waals surface area contributed by atoms with Crippen molar-refractivity contribution in [3.05, 3.63) is 84.4 Å². The average molecular weight is 443 g/mol. The van der Waals surface area contributed by atoms with Crippen LogP contribution in [0.15, 0.2) is 78.9 Å². The van der Waals surface area contributed by atoms with Crippen LogP contribution < -0.4 is 10.6 Å². The summed E-state index contributed by atoms with van der Waals surface area (Å²) in [6, 6.07) is 23.8. The maximum absolute atomic E-state index is 12.9. The van der Waals surface area contributed by atoms with Crippen LogP contribution in [0.3, 0.4) is 0 Å². The third kappa shape index (κ3) is 5.29. The van der Waals surface area contributed by atoms with Crippen LogP contribution in [0.4, 0.5) is 16.2 Å². The van der Waals surface area contributed by atoms with Crippen LogP contribution in [0.2, 0.25) is 0 Å². The highest BCUT2D eigenvalue weighted by atomic mass is 16.5. The van der Waals surface area contributed by atoms with E-state index in [0.29, 0.717) is 24.1 Å². The highest BCUT2D eigenvalue weighted by Crippen LogP contribution is 2.35. The standard InChI is InChI=1S/C27H26N2O4/c1-33-26(31)24-9-5-8-23(24)25(30)20-12-10-18(11-13-20)19-14-16-22(17-15-19)29-27(32)28-21-6-3-2-4-7-21/h2-4,6-7,10-17,23-24H,5,8-9H2,1H3,(H2,28,29,32). The third-order valence-corrected chi connectivity index (χ3v) is 6.03. The van der Waals surface area contributed by atoms with Gasteiger partial charge in [-0.3, -0.25) is 9.59 Å². The van der Waals surface area contributed by atoms with Gasteiger partial charge in [-0.1, -0.05) is 61.0 Å². The van der Waals surface area contributed by atoms with E-state index in [2.05, 4.69) is 10.6 Å². The van der Waals surface area contributed by atoms with Gasteiger partial charge in [0.15, 0.2) is 5.78 Å². The Balaban J connectivity index is 1.39. The summed E-state index contributed by atoms with van der Waals surface area (Å²) in [6.45, 7) is 0. The first kappa shape index (κ1) is 22.3. The van der Waals surface area contributed by atoms with Crippen molar-refractivity contribution < 1.29 is 19.1 Å². The van der Waals surface area contributed by atoms with Crippen molar-refractivity contribution in [1.82, 2.24) is 0 Å². The van der Waals surface area contributed by atoms with Crippen molar-refractivity contribution in [3.63, 3.8) is 0 Å². The molecule has 1 fully saturated rings. The average Bonchev–Trinajstić information content (AvgIpc) is 3.34. The van der Waals surface area contributed by atoms with Crippen LogP contribution in [0.25, 0.3) is 11.1 Å². The lowest BCUT2D eigenvalue weighted by molar-refractivity contribution is -0.146. The smallest absolute Gasteiger partial charge is 0.323 e. The zero-order valence-corrected chi connectivity index (χ0v) is 18.4. The zero-order chi connectivity index (χ0) is 23.2. The predicted octanol–water partition coefficient (Wildman–Crippen LogP) is 5.77. The van der Waals surface area contributed by atoms with E-state index in [0.717, 1.165) is 23.2 Å². The molecule has 2 N–H and O–H groups in total. The van der Waals surface area contributed by atoms with Gasteiger partial charge in [0.25, 0.3) is 0 Å². The number of carbonyl (C=O) groups excluding carboxylic acids is 3. The lowest BCUT2D eigenvalue weighted by Crippen LogP contribution is -2.26. The number of ether oxygens (including phenoxy) is 1. The first-order chi connectivity index (χ1) is 16.0. The Bertz CT molecular complexity index is 1130. The lowest BCUT2D eigenvalue weighted by atomic mass is 9.88. The number of benzene rings is 3. The number of esters is 1. The topological polar surface area (TPSA) is 84.5 Å². The molecule has 168 valence electrons. The quantitative estimate of drug-likeness (QED) is 0.375. The van der Waals surface area contributed by atoms with Crippen molar-refractivity contribution in [2.24, 2.45) is 11.8 Å². The minimum atomic E-state index is -0.346. The molecule has 33 heavy (non-hydrogen) atoms. The van der Waals surface area contributed by atoms with Crippen LogP contribution in [-0.4, -0.2) is 24.9 Å². The molecule has 0 spiro atoms. The monoisotopic (exact) mass is 442 g/mol. The third-order valence-electron chi connectivity index (χ3n) is 6.03. The fraction of sp³-hybridized carbons (Fsp3) is 0.222. The number of rotatable bonds is 6. The van der Waals surface area contributed by atoms with E-state index in [1.807, 2.05) is 78.9 Å². The van der Waals surface area contributed by atoms with Crippen molar-refractivity contribution in [2.45, 2.75) is 19.3 Å². The number of para-hydroxylation sites is 1. The largest absolute Gasteiger partial charge is 0.469 e. The SMILES string of the molecule is COC(=O)C1CCCC1C(=O)c1ccc(-c2ccc(NC(=O)Nc3ccccc3)cc2)cc1. The first-order valence-corrected chi connectivity index (χ1v) is 11.0. The van der Waals surface area contributed by atoms with Gasteiger partial charge in [-0.05, 0) is 48.2 Å². The molecule has 0 bridgehead atoms. The highest BCUT2D eigenvalue weighted by Gasteiger charge is 2.38. The van der Waals surface area contributed by atoms with E-state index in [4.69, 9.17) is 4.74 Å². The minimum absolute atomic E-state index is 0.00146. The first-order valence-electron chi connectivity index (χ1n) is 11.0. The second-order valence-electron chi connectivity index (χ2n) is 8.13. The Morgan fingerprint density at radius 2 is 1.27 bits per heavy atom. The molecule has 3 aromatic rings. The maximum Gasteiger partial charge on any atom is 0.323 e. The van der Waals surface area contributed by atoms with Gasteiger partial charge in [0.2, 0.25) is 0 Å². The minimum Gasteiger partial charge on any atom is -0.469 e. The molecule has 2 atom stereocenters. The molecule has 6 nitrogen and oxygen atoms in total. The number of nitrogens with one attached hydrogen (secondary N) is 2. The van der Waals surface area contributed by atoms with Gasteiger partial charge < -0.3 is 15.4 Å². The molecule has 3 aromatic carbocycles. The molecule has 0 saturated heterocycles. The number of Topliss-reactive ketones (excluding diaryl/α,β-unsaturated/α-hetero) is 1. The van der Waals surface area contributed by atoms with Crippen molar-refractivity contribution >= 4 is 29.2 Å².